The molecule has 1 aromatic carbocycles. The number of anilines is 1. The SMILES string of the molecule is Cl.NC1=NC(c2cccc(NC(=O)c3ncc(Br)cc3O)c2)(C(F)F)COC1. The number of rotatable bonds is 4. The average molecular weight is 478 g/mol. The van der Waals surface area contributed by atoms with Gasteiger partial charge in [0.25, 0.3) is 12.3 Å². The zero-order valence-electron chi connectivity index (χ0n) is 14.2. The van der Waals surface area contributed by atoms with Gasteiger partial charge >= 0.3 is 0 Å². The number of pyridine rings is 1. The lowest BCUT2D eigenvalue weighted by atomic mass is 9.90. The van der Waals surface area contributed by atoms with Gasteiger partial charge in [-0.25, -0.2) is 13.8 Å². The predicted molar refractivity (Wildman–Crippen MR) is 105 cm³/mol. The van der Waals surface area contributed by atoms with Gasteiger partial charge in [-0.3, -0.25) is 9.79 Å². The van der Waals surface area contributed by atoms with E-state index in [0.29, 0.717) is 4.47 Å². The third kappa shape index (κ3) is 4.40. The Kier molecular flexibility index (Phi) is 6.91. The number of halogens is 4. The number of aliphatic imine (C=N–C) groups is 1. The van der Waals surface area contributed by atoms with E-state index in [9.17, 15) is 18.7 Å². The van der Waals surface area contributed by atoms with E-state index < -0.39 is 17.9 Å². The second-order valence-electron chi connectivity index (χ2n) is 5.88. The Hall–Kier alpha value is -2.30. The number of amides is 1. The standard InChI is InChI=1S/C17H15BrF2N4O3.ClH/c18-10-5-12(25)14(22-6-10)15(26)23-11-3-1-2-9(4-11)17(16(19)20)8-27-7-13(21)24-17;/h1-6,16,25H,7-8H2,(H2,21,24)(H,23,26);1H. The van der Waals surface area contributed by atoms with Crippen molar-refractivity contribution in [3.05, 3.63) is 52.3 Å². The maximum atomic E-state index is 13.8. The van der Waals surface area contributed by atoms with E-state index in [-0.39, 0.29) is 54.2 Å². The number of benzene rings is 1. The first-order valence-corrected chi connectivity index (χ1v) is 8.57. The van der Waals surface area contributed by atoms with Gasteiger partial charge in [0.15, 0.2) is 11.2 Å². The van der Waals surface area contributed by atoms with Crippen molar-refractivity contribution in [2.24, 2.45) is 10.7 Å². The number of aromatic hydroxyl groups is 1. The van der Waals surface area contributed by atoms with Crippen LogP contribution >= 0.6 is 28.3 Å². The number of nitrogens with two attached hydrogens (primary N) is 1. The fraction of sp³-hybridized carbons (Fsp3) is 0.235. The zero-order chi connectivity index (χ0) is 19.6. The van der Waals surface area contributed by atoms with Gasteiger partial charge in [0.1, 0.15) is 18.2 Å². The first-order chi connectivity index (χ1) is 12.8. The molecule has 1 amide bonds. The Balaban J connectivity index is 0.00000280. The molecular weight excluding hydrogens is 462 g/mol. The third-order valence-corrected chi connectivity index (χ3v) is 4.38. The molecule has 7 nitrogen and oxygen atoms in total. The Morgan fingerprint density at radius 3 is 2.79 bits per heavy atom. The minimum atomic E-state index is -2.86. The molecule has 3 rings (SSSR count). The molecule has 2 aromatic rings. The van der Waals surface area contributed by atoms with Gasteiger partial charge < -0.3 is 20.9 Å². The van der Waals surface area contributed by atoms with Crippen LogP contribution in [0.15, 0.2) is 46.0 Å². The molecule has 0 aliphatic carbocycles. The van der Waals surface area contributed by atoms with E-state index in [1.165, 1.54) is 36.5 Å². The van der Waals surface area contributed by atoms with Gasteiger partial charge in [-0.05, 0) is 39.7 Å². The summed E-state index contributed by atoms with van der Waals surface area (Å²) < 4.78 is 33.3. The molecule has 0 fully saturated rings. The van der Waals surface area contributed by atoms with Crippen molar-refractivity contribution in [2.75, 3.05) is 18.5 Å². The fourth-order valence-corrected chi connectivity index (χ4v) is 3.00. The highest BCUT2D eigenvalue weighted by Crippen LogP contribution is 2.36. The second kappa shape index (κ2) is 8.80. The molecule has 1 aromatic heterocycles. The lowest BCUT2D eigenvalue weighted by molar-refractivity contribution is -0.0129. The number of nitrogens with one attached hydrogen (secondary N) is 1. The van der Waals surface area contributed by atoms with Crippen LogP contribution in [0.5, 0.6) is 5.75 Å². The van der Waals surface area contributed by atoms with Gasteiger partial charge in [-0.2, -0.15) is 0 Å². The summed E-state index contributed by atoms with van der Waals surface area (Å²) in [5.41, 5.74) is 3.83. The number of aromatic nitrogens is 1. The molecule has 1 atom stereocenters. The highest BCUT2D eigenvalue weighted by Gasteiger charge is 2.44. The van der Waals surface area contributed by atoms with Crippen LogP contribution in [0.1, 0.15) is 16.1 Å². The van der Waals surface area contributed by atoms with Gasteiger partial charge in [0.2, 0.25) is 0 Å². The number of carbonyl (C=O) groups is 1. The minimum absolute atomic E-state index is 0. The maximum Gasteiger partial charge on any atom is 0.278 e. The molecule has 28 heavy (non-hydrogen) atoms. The Morgan fingerprint density at radius 1 is 1.39 bits per heavy atom. The van der Waals surface area contributed by atoms with Gasteiger partial charge in [0.05, 0.1) is 6.61 Å². The quantitative estimate of drug-likeness (QED) is 0.627. The second-order valence-corrected chi connectivity index (χ2v) is 6.79. The molecule has 0 bridgehead atoms. The Labute approximate surface area is 173 Å². The van der Waals surface area contributed by atoms with E-state index in [4.69, 9.17) is 10.5 Å². The predicted octanol–water partition coefficient (Wildman–Crippen LogP) is 3.07. The summed E-state index contributed by atoms with van der Waals surface area (Å²) in [6, 6.07) is 7.17. The molecule has 150 valence electrons. The van der Waals surface area contributed by atoms with Crippen molar-refractivity contribution >= 4 is 45.8 Å². The molecular formula is C17H16BrClF2N4O3. The lowest BCUT2D eigenvalue weighted by Crippen LogP contribution is -2.44. The van der Waals surface area contributed by atoms with Gasteiger partial charge in [-0.1, -0.05) is 12.1 Å². The zero-order valence-corrected chi connectivity index (χ0v) is 16.6. The molecule has 0 spiro atoms. The molecule has 2 heterocycles. The van der Waals surface area contributed by atoms with E-state index in [0.717, 1.165) is 0 Å². The lowest BCUT2D eigenvalue weighted by Gasteiger charge is -2.33. The number of hydrogen-bond acceptors (Lipinski definition) is 6. The number of alkyl halides is 2. The third-order valence-electron chi connectivity index (χ3n) is 3.95. The first-order valence-electron chi connectivity index (χ1n) is 7.78. The van der Waals surface area contributed by atoms with Gasteiger partial charge in [0, 0.05) is 16.4 Å². The van der Waals surface area contributed by atoms with Crippen LogP contribution in [0.4, 0.5) is 14.5 Å². The summed E-state index contributed by atoms with van der Waals surface area (Å²) in [7, 11) is 0. The normalized spacial score (nSPS) is 18.9. The minimum Gasteiger partial charge on any atom is -0.505 e. The van der Waals surface area contributed by atoms with Crippen LogP contribution in [0.25, 0.3) is 0 Å². The molecule has 1 aliphatic rings. The van der Waals surface area contributed by atoms with E-state index in [1.807, 2.05) is 0 Å². The summed E-state index contributed by atoms with van der Waals surface area (Å²) in [6.07, 6.45) is -1.51. The molecule has 0 radical (unpaired) electrons. The summed E-state index contributed by atoms with van der Waals surface area (Å²) in [4.78, 5) is 20.1. The average Bonchev–Trinajstić information content (AvgIpc) is 2.61. The van der Waals surface area contributed by atoms with Crippen molar-refractivity contribution in [3.8, 4) is 5.75 Å². The van der Waals surface area contributed by atoms with Crippen LogP contribution in [0.2, 0.25) is 0 Å². The van der Waals surface area contributed by atoms with Crippen LogP contribution in [0, 0.1) is 0 Å². The topological polar surface area (TPSA) is 110 Å². The summed E-state index contributed by atoms with van der Waals surface area (Å²) in [5, 5.41) is 12.4. The molecule has 11 heteroatoms. The fourth-order valence-electron chi connectivity index (χ4n) is 2.68. The van der Waals surface area contributed by atoms with Crippen molar-refractivity contribution in [3.63, 3.8) is 0 Å². The van der Waals surface area contributed by atoms with Crippen molar-refractivity contribution in [1.29, 1.82) is 0 Å². The Morgan fingerprint density at radius 2 is 2.14 bits per heavy atom. The van der Waals surface area contributed by atoms with Crippen molar-refractivity contribution in [1.82, 2.24) is 4.98 Å². The largest absolute Gasteiger partial charge is 0.505 e. The molecule has 4 N–H and O–H groups in total. The highest BCUT2D eigenvalue weighted by molar-refractivity contribution is 9.10. The number of carbonyl (C=O) groups excluding carboxylic acids is 1. The number of ether oxygens (including phenoxy) is 1. The number of amidine groups is 1. The van der Waals surface area contributed by atoms with Crippen LogP contribution in [0.3, 0.4) is 0 Å². The van der Waals surface area contributed by atoms with Gasteiger partial charge in [-0.15, -0.1) is 12.4 Å². The molecule has 0 saturated carbocycles. The Bertz CT molecular complexity index is 916. The van der Waals surface area contributed by atoms with Crippen molar-refractivity contribution in [2.45, 2.75) is 12.0 Å². The summed E-state index contributed by atoms with van der Waals surface area (Å²) in [6.45, 7) is -0.350. The van der Waals surface area contributed by atoms with Crippen LogP contribution < -0.4 is 11.1 Å². The summed E-state index contributed by atoms with van der Waals surface area (Å²) >= 11 is 3.13. The smallest absolute Gasteiger partial charge is 0.278 e. The molecule has 1 aliphatic heterocycles. The summed E-state index contributed by atoms with van der Waals surface area (Å²) in [5.74, 6) is -1.04. The van der Waals surface area contributed by atoms with Crippen LogP contribution in [-0.4, -0.2) is 41.5 Å². The monoisotopic (exact) mass is 476 g/mol. The highest BCUT2D eigenvalue weighted by atomic mass is 79.9. The van der Waals surface area contributed by atoms with Crippen LogP contribution in [-0.2, 0) is 10.3 Å². The van der Waals surface area contributed by atoms with E-state index in [2.05, 4.69) is 31.2 Å². The number of hydrogen-bond donors (Lipinski definition) is 3. The molecule has 1 unspecified atom stereocenters. The van der Waals surface area contributed by atoms with Crippen molar-refractivity contribution < 1.29 is 23.4 Å². The first kappa shape index (κ1) is 22.0. The number of nitrogens with zero attached hydrogens (tertiary/aromatic N) is 2. The maximum absolute atomic E-state index is 13.8. The van der Waals surface area contributed by atoms with E-state index in [1.54, 1.807) is 0 Å². The van der Waals surface area contributed by atoms with E-state index >= 15 is 0 Å². The molecule has 0 saturated heterocycles.